The summed E-state index contributed by atoms with van der Waals surface area (Å²) in [4.78, 5) is 12.7. The minimum atomic E-state index is -3.77. The van der Waals surface area contributed by atoms with Crippen molar-refractivity contribution in [3.05, 3.63) is 64.6 Å². The van der Waals surface area contributed by atoms with Crippen LogP contribution >= 0.6 is 15.9 Å². The van der Waals surface area contributed by atoms with Crippen molar-refractivity contribution >= 4 is 38.1 Å². The zero-order valence-corrected chi connectivity index (χ0v) is 18.4. The second-order valence-electron chi connectivity index (χ2n) is 6.97. The van der Waals surface area contributed by atoms with Crippen LogP contribution in [0, 0.1) is 0 Å². The van der Waals surface area contributed by atoms with Gasteiger partial charge in [0, 0.05) is 16.1 Å². The van der Waals surface area contributed by atoms with Crippen molar-refractivity contribution in [2.24, 2.45) is 5.10 Å². The van der Waals surface area contributed by atoms with E-state index in [1.165, 1.54) is 10.5 Å². The van der Waals surface area contributed by atoms with E-state index in [4.69, 9.17) is 0 Å². The number of rotatable bonds is 7. The van der Waals surface area contributed by atoms with E-state index in [2.05, 4.69) is 26.5 Å². The van der Waals surface area contributed by atoms with E-state index in [0.717, 1.165) is 42.1 Å². The fourth-order valence-corrected chi connectivity index (χ4v) is 5.49. The molecule has 6 nitrogen and oxygen atoms in total. The van der Waals surface area contributed by atoms with Gasteiger partial charge in [0.05, 0.1) is 17.7 Å². The molecule has 1 aliphatic carbocycles. The Bertz CT molecular complexity index is 958. The van der Waals surface area contributed by atoms with Gasteiger partial charge in [0.1, 0.15) is 0 Å². The molecule has 0 aromatic heterocycles. The zero-order chi connectivity index (χ0) is 20.7. The summed E-state index contributed by atoms with van der Waals surface area (Å²) in [6.07, 6.45) is 6.08. The summed E-state index contributed by atoms with van der Waals surface area (Å²) in [6, 6.07) is 15.6. The van der Waals surface area contributed by atoms with Gasteiger partial charge >= 0.3 is 0 Å². The lowest BCUT2D eigenvalue weighted by atomic mass is 9.95. The number of carbonyl (C=O) groups excluding carboxylic acids is 1. The third-order valence-corrected chi connectivity index (χ3v) is 7.56. The second kappa shape index (κ2) is 10.1. The van der Waals surface area contributed by atoms with Crippen LogP contribution in [-0.4, -0.2) is 37.4 Å². The minimum Gasteiger partial charge on any atom is -0.272 e. The molecule has 29 heavy (non-hydrogen) atoms. The van der Waals surface area contributed by atoms with Crippen LogP contribution < -0.4 is 5.43 Å². The molecule has 2 aromatic carbocycles. The summed E-state index contributed by atoms with van der Waals surface area (Å²) in [6.45, 7) is -0.255. The molecule has 3 rings (SSSR count). The molecule has 1 aliphatic rings. The molecule has 0 saturated heterocycles. The maximum absolute atomic E-state index is 13.2. The summed E-state index contributed by atoms with van der Waals surface area (Å²) >= 11 is 3.42. The van der Waals surface area contributed by atoms with E-state index in [1.807, 2.05) is 24.3 Å². The fraction of sp³-hybridized carbons (Fsp3) is 0.333. The van der Waals surface area contributed by atoms with Crippen molar-refractivity contribution < 1.29 is 13.2 Å². The highest BCUT2D eigenvalue weighted by molar-refractivity contribution is 9.10. The smallest absolute Gasteiger partial charge is 0.255 e. The van der Waals surface area contributed by atoms with Crippen molar-refractivity contribution in [3.8, 4) is 0 Å². The molecule has 0 bridgehead atoms. The summed E-state index contributed by atoms with van der Waals surface area (Å²) in [5.74, 6) is -0.460. The van der Waals surface area contributed by atoms with Crippen molar-refractivity contribution in [2.45, 2.75) is 43.0 Å². The first kappa shape index (κ1) is 21.7. The third-order valence-electron chi connectivity index (χ3n) is 4.93. The molecule has 1 saturated carbocycles. The molecule has 1 amide bonds. The van der Waals surface area contributed by atoms with E-state index in [9.17, 15) is 13.2 Å². The number of hydrogen-bond acceptors (Lipinski definition) is 4. The Morgan fingerprint density at radius 1 is 1.07 bits per heavy atom. The van der Waals surface area contributed by atoms with Crippen LogP contribution in [0.4, 0.5) is 0 Å². The number of hydrogen-bond donors (Lipinski definition) is 1. The lowest BCUT2D eigenvalue weighted by Crippen LogP contribution is -2.46. The predicted molar refractivity (Wildman–Crippen MR) is 117 cm³/mol. The number of nitrogens with one attached hydrogen (secondary N) is 1. The molecule has 0 aliphatic heterocycles. The summed E-state index contributed by atoms with van der Waals surface area (Å²) < 4.78 is 28.6. The number of hydrazone groups is 1. The molecule has 0 spiro atoms. The molecular weight excluding hydrogens is 454 g/mol. The van der Waals surface area contributed by atoms with Gasteiger partial charge in [-0.25, -0.2) is 13.8 Å². The maximum Gasteiger partial charge on any atom is 0.255 e. The van der Waals surface area contributed by atoms with Gasteiger partial charge in [-0.05, 0) is 31.0 Å². The lowest BCUT2D eigenvalue weighted by Gasteiger charge is -2.32. The van der Waals surface area contributed by atoms with Gasteiger partial charge < -0.3 is 0 Å². The first-order chi connectivity index (χ1) is 14.0. The average molecular weight is 478 g/mol. The van der Waals surface area contributed by atoms with Gasteiger partial charge in [-0.1, -0.05) is 71.6 Å². The highest BCUT2D eigenvalue weighted by Gasteiger charge is 2.33. The van der Waals surface area contributed by atoms with Crippen molar-refractivity contribution in [2.75, 3.05) is 6.54 Å². The van der Waals surface area contributed by atoms with Crippen LogP contribution in [0.25, 0.3) is 0 Å². The average Bonchev–Trinajstić information content (AvgIpc) is 2.74. The van der Waals surface area contributed by atoms with E-state index in [-0.39, 0.29) is 17.5 Å². The van der Waals surface area contributed by atoms with Crippen molar-refractivity contribution in [1.29, 1.82) is 0 Å². The fourth-order valence-electron chi connectivity index (χ4n) is 3.44. The van der Waals surface area contributed by atoms with Crippen LogP contribution in [0.2, 0.25) is 0 Å². The highest BCUT2D eigenvalue weighted by Crippen LogP contribution is 2.27. The molecule has 0 radical (unpaired) electrons. The van der Waals surface area contributed by atoms with Crippen molar-refractivity contribution in [1.82, 2.24) is 9.73 Å². The largest absolute Gasteiger partial charge is 0.272 e. The lowest BCUT2D eigenvalue weighted by molar-refractivity contribution is -0.121. The van der Waals surface area contributed by atoms with Gasteiger partial charge in [0.25, 0.3) is 5.91 Å². The van der Waals surface area contributed by atoms with Gasteiger partial charge in [-0.2, -0.15) is 9.41 Å². The topological polar surface area (TPSA) is 78.8 Å². The van der Waals surface area contributed by atoms with E-state index in [1.54, 1.807) is 30.3 Å². The number of amides is 1. The Labute approximate surface area is 180 Å². The first-order valence-corrected chi connectivity index (χ1v) is 11.8. The van der Waals surface area contributed by atoms with E-state index >= 15 is 0 Å². The zero-order valence-electron chi connectivity index (χ0n) is 16.0. The Morgan fingerprint density at radius 2 is 1.72 bits per heavy atom. The molecule has 2 aromatic rings. The van der Waals surface area contributed by atoms with Gasteiger partial charge in [-0.3, -0.25) is 4.79 Å². The molecule has 0 unspecified atom stereocenters. The maximum atomic E-state index is 13.2. The Kier molecular flexibility index (Phi) is 7.57. The normalized spacial score (nSPS) is 15.7. The quantitative estimate of drug-likeness (QED) is 0.484. The number of halogens is 1. The standard InChI is InChI=1S/C21H24BrN3O3S/c22-20-14-8-7-9-17(20)15-23-24-21(26)16-25(18-10-3-1-4-11-18)29(27,28)19-12-5-2-6-13-19/h2,5-9,12-15,18H,1,3-4,10-11,16H2,(H,24,26)/b23-15-. The third kappa shape index (κ3) is 5.74. The monoisotopic (exact) mass is 477 g/mol. The number of sulfonamides is 1. The van der Waals surface area contributed by atoms with Crippen LogP contribution in [0.15, 0.2) is 69.1 Å². The SMILES string of the molecule is O=C(CN(C1CCCCC1)S(=O)(=O)c1ccccc1)N/N=C\c1ccccc1Br. The summed E-state index contributed by atoms with van der Waals surface area (Å²) in [5, 5.41) is 3.98. The number of benzene rings is 2. The Balaban J connectivity index is 1.74. The Hall–Kier alpha value is -2.03. The van der Waals surface area contributed by atoms with Gasteiger partial charge in [-0.15, -0.1) is 0 Å². The number of carbonyl (C=O) groups is 1. The molecule has 0 heterocycles. The summed E-state index contributed by atoms with van der Waals surface area (Å²) in [5.41, 5.74) is 3.27. The molecule has 8 heteroatoms. The number of nitrogens with zero attached hydrogens (tertiary/aromatic N) is 2. The van der Waals surface area contributed by atoms with E-state index in [0.29, 0.717) is 0 Å². The second-order valence-corrected chi connectivity index (χ2v) is 9.71. The minimum absolute atomic E-state index is 0.174. The molecular formula is C21H24BrN3O3S. The molecule has 1 N–H and O–H groups in total. The van der Waals surface area contributed by atoms with Crippen LogP contribution in [0.3, 0.4) is 0 Å². The molecule has 154 valence electrons. The molecule has 0 atom stereocenters. The van der Waals surface area contributed by atoms with Crippen LogP contribution in [0.5, 0.6) is 0 Å². The highest BCUT2D eigenvalue weighted by atomic mass is 79.9. The van der Waals surface area contributed by atoms with Crippen LogP contribution in [-0.2, 0) is 14.8 Å². The van der Waals surface area contributed by atoms with Crippen LogP contribution in [0.1, 0.15) is 37.7 Å². The van der Waals surface area contributed by atoms with Gasteiger partial charge in [0.2, 0.25) is 10.0 Å². The Morgan fingerprint density at radius 3 is 2.41 bits per heavy atom. The van der Waals surface area contributed by atoms with Gasteiger partial charge in [0.15, 0.2) is 0 Å². The first-order valence-electron chi connectivity index (χ1n) is 9.62. The molecule has 1 fully saturated rings. The predicted octanol–water partition coefficient (Wildman–Crippen LogP) is 3.92. The van der Waals surface area contributed by atoms with E-state index < -0.39 is 15.9 Å². The van der Waals surface area contributed by atoms with Crippen molar-refractivity contribution in [3.63, 3.8) is 0 Å². The summed E-state index contributed by atoms with van der Waals surface area (Å²) in [7, 11) is -3.77.